The molecule has 4 nitrogen and oxygen atoms in total. The summed E-state index contributed by atoms with van der Waals surface area (Å²) in [6.07, 6.45) is 9.73. The summed E-state index contributed by atoms with van der Waals surface area (Å²) in [6, 6.07) is 0.325. The molecule has 5 rings (SSSR count). The molecule has 21 heavy (non-hydrogen) atoms. The Morgan fingerprint density at radius 1 is 1.05 bits per heavy atom. The maximum atomic E-state index is 9.49. The van der Waals surface area contributed by atoms with Gasteiger partial charge in [0.15, 0.2) is 5.82 Å². The van der Waals surface area contributed by atoms with Crippen molar-refractivity contribution in [2.45, 2.75) is 71.4 Å². The highest BCUT2D eigenvalue weighted by Gasteiger charge is 2.51. The van der Waals surface area contributed by atoms with E-state index in [1.807, 2.05) is 0 Å². The van der Waals surface area contributed by atoms with Gasteiger partial charge in [-0.15, -0.1) is 10.2 Å². The number of hydrogen-bond acceptors (Lipinski definition) is 3. The third-order valence-corrected chi connectivity index (χ3v) is 6.19. The van der Waals surface area contributed by atoms with Crippen LogP contribution in [0.15, 0.2) is 0 Å². The second kappa shape index (κ2) is 4.80. The van der Waals surface area contributed by atoms with E-state index in [2.05, 4.69) is 28.6 Å². The molecular weight excluding hydrogens is 262 g/mol. The third kappa shape index (κ3) is 2.23. The Bertz CT molecular complexity index is 499. The third-order valence-electron chi connectivity index (χ3n) is 6.19. The fourth-order valence-electron chi connectivity index (χ4n) is 6.03. The van der Waals surface area contributed by atoms with Crippen molar-refractivity contribution in [3.05, 3.63) is 11.6 Å². The summed E-state index contributed by atoms with van der Waals surface area (Å²) in [5.74, 6) is 4.76. The summed E-state index contributed by atoms with van der Waals surface area (Å²) in [7, 11) is 0. The highest BCUT2D eigenvalue weighted by Crippen LogP contribution is 2.60. The summed E-state index contributed by atoms with van der Waals surface area (Å²) < 4.78 is 2.17. The van der Waals surface area contributed by atoms with Crippen molar-refractivity contribution in [2.24, 2.45) is 23.2 Å². The van der Waals surface area contributed by atoms with E-state index in [1.165, 1.54) is 38.5 Å². The first-order valence-electron chi connectivity index (χ1n) is 8.62. The number of nitrogens with zero attached hydrogens (tertiary/aromatic N) is 3. The van der Waals surface area contributed by atoms with Crippen LogP contribution < -0.4 is 0 Å². The van der Waals surface area contributed by atoms with Crippen LogP contribution in [0, 0.1) is 23.2 Å². The van der Waals surface area contributed by atoms with Crippen LogP contribution in [0.2, 0.25) is 0 Å². The van der Waals surface area contributed by atoms with E-state index >= 15 is 0 Å². The smallest absolute Gasteiger partial charge is 0.159 e. The Hall–Kier alpha value is -0.900. The minimum Gasteiger partial charge on any atom is -0.388 e. The van der Waals surface area contributed by atoms with Crippen LogP contribution in [0.25, 0.3) is 0 Å². The average molecular weight is 289 g/mol. The monoisotopic (exact) mass is 289 g/mol. The first kappa shape index (κ1) is 13.7. The Morgan fingerprint density at radius 3 is 2.05 bits per heavy atom. The molecule has 0 aromatic carbocycles. The second-order valence-corrected chi connectivity index (χ2v) is 8.25. The molecule has 0 unspecified atom stereocenters. The second-order valence-electron chi connectivity index (χ2n) is 8.25. The predicted octanol–water partition coefficient (Wildman–Crippen LogP) is 3.11. The molecule has 0 amide bonds. The molecule has 4 fully saturated rings. The summed E-state index contributed by atoms with van der Waals surface area (Å²) in [4.78, 5) is 0. The molecule has 4 saturated carbocycles. The van der Waals surface area contributed by atoms with Gasteiger partial charge in [0.1, 0.15) is 12.4 Å². The van der Waals surface area contributed by atoms with Gasteiger partial charge >= 0.3 is 0 Å². The molecule has 0 atom stereocenters. The van der Waals surface area contributed by atoms with Crippen molar-refractivity contribution < 1.29 is 5.11 Å². The minimum absolute atomic E-state index is 0.00788. The van der Waals surface area contributed by atoms with Crippen LogP contribution in [-0.4, -0.2) is 19.9 Å². The van der Waals surface area contributed by atoms with Crippen LogP contribution in [0.1, 0.15) is 70.1 Å². The van der Waals surface area contributed by atoms with Gasteiger partial charge in [-0.1, -0.05) is 0 Å². The fraction of sp³-hybridized carbons (Fsp3) is 0.882. The molecule has 1 N–H and O–H groups in total. The quantitative estimate of drug-likeness (QED) is 0.926. The summed E-state index contributed by atoms with van der Waals surface area (Å²) in [5, 5.41) is 18.1. The van der Waals surface area contributed by atoms with Gasteiger partial charge in [0.25, 0.3) is 0 Å². The van der Waals surface area contributed by atoms with Gasteiger partial charge in [0.05, 0.1) is 0 Å². The highest BCUT2D eigenvalue weighted by atomic mass is 16.3. The van der Waals surface area contributed by atoms with Crippen LogP contribution in [0.5, 0.6) is 0 Å². The number of aliphatic hydroxyl groups excluding tert-OH is 1. The summed E-state index contributed by atoms with van der Waals surface area (Å²) in [6.45, 7) is 4.31. The number of hydrogen-bond donors (Lipinski definition) is 1. The lowest BCUT2D eigenvalue weighted by Gasteiger charge is -2.56. The molecule has 0 saturated heterocycles. The molecule has 0 aliphatic heterocycles. The molecule has 1 aromatic rings. The number of aromatic nitrogens is 3. The van der Waals surface area contributed by atoms with Crippen LogP contribution in [0.3, 0.4) is 0 Å². The maximum Gasteiger partial charge on any atom is 0.159 e. The average Bonchev–Trinajstić information content (AvgIpc) is 2.79. The normalized spacial score (nSPS) is 37.6. The fourth-order valence-corrected chi connectivity index (χ4v) is 6.03. The van der Waals surface area contributed by atoms with Crippen molar-refractivity contribution in [1.82, 2.24) is 14.8 Å². The zero-order chi connectivity index (χ0) is 14.6. The van der Waals surface area contributed by atoms with Crippen molar-refractivity contribution in [2.75, 3.05) is 0 Å². The largest absolute Gasteiger partial charge is 0.388 e. The van der Waals surface area contributed by atoms with Gasteiger partial charge in [0.2, 0.25) is 0 Å². The van der Waals surface area contributed by atoms with E-state index in [0.717, 1.165) is 35.8 Å². The SMILES string of the molecule is CC(C)n1c(CO)nnc1CC12CC3CC(CC(C3)C1)C2. The van der Waals surface area contributed by atoms with E-state index in [0.29, 0.717) is 11.5 Å². The van der Waals surface area contributed by atoms with Gasteiger partial charge < -0.3 is 9.67 Å². The van der Waals surface area contributed by atoms with Crippen molar-refractivity contribution >= 4 is 0 Å². The topological polar surface area (TPSA) is 50.9 Å². The van der Waals surface area contributed by atoms with E-state index < -0.39 is 0 Å². The van der Waals surface area contributed by atoms with Gasteiger partial charge in [-0.2, -0.15) is 0 Å². The van der Waals surface area contributed by atoms with E-state index in [-0.39, 0.29) is 6.61 Å². The Balaban J connectivity index is 1.63. The molecule has 0 spiro atoms. The predicted molar refractivity (Wildman–Crippen MR) is 80.6 cm³/mol. The lowest BCUT2D eigenvalue weighted by molar-refractivity contribution is -0.0536. The van der Waals surface area contributed by atoms with Gasteiger partial charge in [-0.3, -0.25) is 0 Å². The lowest BCUT2D eigenvalue weighted by atomic mass is 9.49. The first-order chi connectivity index (χ1) is 10.1. The lowest BCUT2D eigenvalue weighted by Crippen LogP contribution is -2.47. The van der Waals surface area contributed by atoms with E-state index in [1.54, 1.807) is 0 Å². The van der Waals surface area contributed by atoms with Crippen molar-refractivity contribution in [1.29, 1.82) is 0 Å². The highest BCUT2D eigenvalue weighted by molar-refractivity contribution is 5.08. The Labute approximate surface area is 127 Å². The van der Waals surface area contributed by atoms with Crippen molar-refractivity contribution in [3.63, 3.8) is 0 Å². The van der Waals surface area contributed by atoms with E-state index in [9.17, 15) is 5.11 Å². The van der Waals surface area contributed by atoms with Crippen LogP contribution >= 0.6 is 0 Å². The Morgan fingerprint density at radius 2 is 1.57 bits per heavy atom. The van der Waals surface area contributed by atoms with Gasteiger partial charge in [-0.25, -0.2) is 0 Å². The summed E-state index contributed by atoms with van der Waals surface area (Å²) in [5.41, 5.74) is 0.487. The molecule has 4 aliphatic rings. The van der Waals surface area contributed by atoms with Gasteiger partial charge in [-0.05, 0) is 75.5 Å². The van der Waals surface area contributed by atoms with Gasteiger partial charge in [0, 0.05) is 12.5 Å². The van der Waals surface area contributed by atoms with Crippen LogP contribution in [0.4, 0.5) is 0 Å². The van der Waals surface area contributed by atoms with E-state index in [4.69, 9.17) is 0 Å². The zero-order valence-corrected chi connectivity index (χ0v) is 13.3. The minimum atomic E-state index is -0.00788. The Kier molecular flexibility index (Phi) is 3.14. The molecule has 116 valence electrons. The molecule has 4 heteroatoms. The standard InChI is InChI=1S/C17H27N3O/c1-11(2)20-15(18-19-16(20)10-21)9-17-6-12-3-13(7-17)5-14(4-12)8-17/h11-14,21H,3-10H2,1-2H3. The molecule has 0 radical (unpaired) electrons. The molecule has 1 heterocycles. The zero-order valence-electron chi connectivity index (χ0n) is 13.3. The maximum absolute atomic E-state index is 9.49. The molecule has 4 bridgehead atoms. The molecule has 1 aromatic heterocycles. The first-order valence-corrected chi connectivity index (χ1v) is 8.62. The molecular formula is C17H27N3O. The van der Waals surface area contributed by atoms with Crippen LogP contribution in [-0.2, 0) is 13.0 Å². The number of rotatable bonds is 4. The molecule has 4 aliphatic carbocycles. The van der Waals surface area contributed by atoms with Crippen molar-refractivity contribution in [3.8, 4) is 0 Å². The summed E-state index contributed by atoms with van der Waals surface area (Å²) >= 11 is 0. The number of aliphatic hydroxyl groups is 1.